The molecular formula is C19H24N4O2. The molecule has 25 heavy (non-hydrogen) atoms. The molecule has 0 spiro atoms. The van der Waals surface area contributed by atoms with E-state index in [2.05, 4.69) is 14.9 Å². The molecule has 1 aromatic carbocycles. The number of amides is 1. The van der Waals surface area contributed by atoms with Crippen LogP contribution in [-0.4, -0.2) is 51.9 Å². The summed E-state index contributed by atoms with van der Waals surface area (Å²) in [6.07, 6.45) is 0.448. The Hall–Kier alpha value is -2.47. The first kappa shape index (κ1) is 17.4. The van der Waals surface area contributed by atoms with Crippen molar-refractivity contribution >= 4 is 5.91 Å². The van der Waals surface area contributed by atoms with Gasteiger partial charge in [0.15, 0.2) is 0 Å². The summed E-state index contributed by atoms with van der Waals surface area (Å²) in [7, 11) is 0. The van der Waals surface area contributed by atoms with Crippen molar-refractivity contribution in [1.29, 1.82) is 0 Å². The molecule has 1 aliphatic rings. The fourth-order valence-electron chi connectivity index (χ4n) is 3.21. The number of aromatic amines is 1. The lowest BCUT2D eigenvalue weighted by molar-refractivity contribution is -0.132. The first-order valence-corrected chi connectivity index (χ1v) is 8.66. The summed E-state index contributed by atoms with van der Waals surface area (Å²) in [6, 6.07) is 11.4. The fraction of sp³-hybridized carbons (Fsp3) is 0.421. The van der Waals surface area contributed by atoms with Crippen LogP contribution in [0.4, 0.5) is 0 Å². The maximum atomic E-state index is 12.5. The van der Waals surface area contributed by atoms with Gasteiger partial charge >= 0.3 is 0 Å². The van der Waals surface area contributed by atoms with Gasteiger partial charge in [0.25, 0.3) is 5.56 Å². The minimum absolute atomic E-state index is 0.0268. The number of hydrogen-bond acceptors (Lipinski definition) is 4. The SMILES string of the molecule is Cc1cc(=O)[nH]c([C@@H](C)N2CCN(C(=O)Cc3ccccc3)CC2)n1. The van der Waals surface area contributed by atoms with E-state index in [4.69, 9.17) is 0 Å². The van der Waals surface area contributed by atoms with Crippen molar-refractivity contribution in [3.05, 3.63) is 63.8 Å². The number of aromatic nitrogens is 2. The average molecular weight is 340 g/mol. The van der Waals surface area contributed by atoms with Crippen molar-refractivity contribution in [1.82, 2.24) is 19.8 Å². The lowest BCUT2D eigenvalue weighted by Crippen LogP contribution is -2.50. The lowest BCUT2D eigenvalue weighted by Gasteiger charge is -2.37. The van der Waals surface area contributed by atoms with Gasteiger partial charge in [-0.1, -0.05) is 30.3 Å². The summed E-state index contributed by atoms with van der Waals surface area (Å²) in [5.74, 6) is 0.856. The van der Waals surface area contributed by atoms with Crippen LogP contribution in [-0.2, 0) is 11.2 Å². The highest BCUT2D eigenvalue weighted by Crippen LogP contribution is 2.18. The Morgan fingerprint density at radius 1 is 1.20 bits per heavy atom. The Morgan fingerprint density at radius 2 is 1.88 bits per heavy atom. The highest BCUT2D eigenvalue weighted by atomic mass is 16.2. The summed E-state index contributed by atoms with van der Waals surface area (Å²) in [5, 5.41) is 0. The molecule has 0 aliphatic carbocycles. The minimum atomic E-state index is -0.119. The van der Waals surface area contributed by atoms with Crippen LogP contribution in [0.1, 0.15) is 30.0 Å². The van der Waals surface area contributed by atoms with Crippen LogP contribution in [0.15, 0.2) is 41.2 Å². The van der Waals surface area contributed by atoms with E-state index < -0.39 is 0 Å². The van der Waals surface area contributed by atoms with Gasteiger partial charge < -0.3 is 9.88 Å². The third-order valence-corrected chi connectivity index (χ3v) is 4.70. The molecule has 132 valence electrons. The van der Waals surface area contributed by atoms with Crippen LogP contribution in [0.5, 0.6) is 0 Å². The molecule has 0 saturated carbocycles. The molecule has 6 heteroatoms. The Kier molecular flexibility index (Phi) is 5.28. The maximum absolute atomic E-state index is 12.5. The van der Waals surface area contributed by atoms with Gasteiger partial charge in [-0.3, -0.25) is 14.5 Å². The zero-order valence-corrected chi connectivity index (χ0v) is 14.7. The quantitative estimate of drug-likeness (QED) is 0.916. The maximum Gasteiger partial charge on any atom is 0.251 e. The van der Waals surface area contributed by atoms with Crippen LogP contribution >= 0.6 is 0 Å². The van der Waals surface area contributed by atoms with Crippen molar-refractivity contribution in [2.75, 3.05) is 26.2 Å². The van der Waals surface area contributed by atoms with Crippen molar-refractivity contribution < 1.29 is 4.79 Å². The zero-order valence-electron chi connectivity index (χ0n) is 14.7. The van der Waals surface area contributed by atoms with Gasteiger partial charge in [0.1, 0.15) is 5.82 Å². The molecule has 0 unspecified atom stereocenters. The number of aryl methyl sites for hydroxylation is 1. The summed E-state index contributed by atoms with van der Waals surface area (Å²) in [6.45, 7) is 6.82. The molecule has 2 aromatic rings. The fourth-order valence-corrected chi connectivity index (χ4v) is 3.21. The molecule has 1 atom stereocenters. The summed E-state index contributed by atoms with van der Waals surface area (Å²) < 4.78 is 0. The molecule has 1 fully saturated rings. The summed E-state index contributed by atoms with van der Waals surface area (Å²) >= 11 is 0. The lowest BCUT2D eigenvalue weighted by atomic mass is 10.1. The molecule has 1 aliphatic heterocycles. The largest absolute Gasteiger partial charge is 0.340 e. The number of benzene rings is 1. The summed E-state index contributed by atoms with van der Waals surface area (Å²) in [4.78, 5) is 35.5. The Bertz CT molecular complexity index is 780. The number of carbonyl (C=O) groups is 1. The van der Waals surface area contributed by atoms with E-state index in [1.807, 2.05) is 49.1 Å². The first-order chi connectivity index (χ1) is 12.0. The standard InChI is InChI=1S/C19H24N4O2/c1-14-12-17(24)21-19(20-14)15(2)22-8-10-23(11-9-22)18(25)13-16-6-4-3-5-7-16/h3-7,12,15H,8-11,13H2,1-2H3,(H,20,21,24)/t15-/m1/s1. The molecule has 3 rings (SSSR count). The minimum Gasteiger partial charge on any atom is -0.340 e. The first-order valence-electron chi connectivity index (χ1n) is 8.66. The van der Waals surface area contributed by atoms with E-state index >= 15 is 0 Å². The van der Waals surface area contributed by atoms with E-state index in [1.165, 1.54) is 6.07 Å². The van der Waals surface area contributed by atoms with Crippen molar-refractivity contribution in [3.63, 3.8) is 0 Å². The van der Waals surface area contributed by atoms with Gasteiger partial charge in [-0.25, -0.2) is 4.98 Å². The molecule has 2 heterocycles. The van der Waals surface area contributed by atoms with Gasteiger partial charge in [0.2, 0.25) is 5.91 Å². The van der Waals surface area contributed by atoms with Crippen molar-refractivity contribution in [2.45, 2.75) is 26.3 Å². The van der Waals surface area contributed by atoms with Crippen LogP contribution in [0, 0.1) is 6.92 Å². The van der Waals surface area contributed by atoms with Gasteiger partial charge in [-0.05, 0) is 19.4 Å². The highest BCUT2D eigenvalue weighted by Gasteiger charge is 2.25. The number of H-pyrrole nitrogens is 1. The smallest absolute Gasteiger partial charge is 0.251 e. The molecule has 1 saturated heterocycles. The van der Waals surface area contributed by atoms with Crippen molar-refractivity contribution in [2.24, 2.45) is 0 Å². The number of nitrogens with one attached hydrogen (secondary N) is 1. The second-order valence-corrected chi connectivity index (χ2v) is 6.53. The number of nitrogens with zero attached hydrogens (tertiary/aromatic N) is 3. The second kappa shape index (κ2) is 7.61. The monoisotopic (exact) mass is 340 g/mol. The topological polar surface area (TPSA) is 69.3 Å². The van der Waals surface area contributed by atoms with Gasteiger partial charge in [0.05, 0.1) is 12.5 Å². The molecule has 6 nitrogen and oxygen atoms in total. The van der Waals surface area contributed by atoms with E-state index in [-0.39, 0.29) is 17.5 Å². The summed E-state index contributed by atoms with van der Waals surface area (Å²) in [5.41, 5.74) is 1.65. The Morgan fingerprint density at radius 3 is 2.52 bits per heavy atom. The third kappa shape index (κ3) is 4.33. The number of rotatable bonds is 4. The molecule has 0 bridgehead atoms. The average Bonchev–Trinajstić information content (AvgIpc) is 2.61. The second-order valence-electron chi connectivity index (χ2n) is 6.53. The molecule has 1 amide bonds. The van der Waals surface area contributed by atoms with E-state index in [0.717, 1.165) is 24.3 Å². The van der Waals surface area contributed by atoms with E-state index in [9.17, 15) is 9.59 Å². The van der Waals surface area contributed by atoms with Crippen LogP contribution in [0.2, 0.25) is 0 Å². The normalized spacial score (nSPS) is 16.6. The molecule has 0 radical (unpaired) electrons. The highest BCUT2D eigenvalue weighted by molar-refractivity contribution is 5.78. The van der Waals surface area contributed by atoms with Gasteiger partial charge in [0, 0.05) is 37.9 Å². The van der Waals surface area contributed by atoms with E-state index in [1.54, 1.807) is 0 Å². The predicted molar refractivity (Wildman–Crippen MR) is 96.3 cm³/mol. The van der Waals surface area contributed by atoms with Crippen LogP contribution in [0.3, 0.4) is 0 Å². The molecule has 1 aromatic heterocycles. The Balaban J connectivity index is 1.57. The zero-order chi connectivity index (χ0) is 17.8. The molecular weight excluding hydrogens is 316 g/mol. The van der Waals surface area contributed by atoms with Gasteiger partial charge in [-0.15, -0.1) is 0 Å². The van der Waals surface area contributed by atoms with Gasteiger partial charge in [-0.2, -0.15) is 0 Å². The van der Waals surface area contributed by atoms with Crippen LogP contribution < -0.4 is 5.56 Å². The van der Waals surface area contributed by atoms with Crippen LogP contribution in [0.25, 0.3) is 0 Å². The number of carbonyl (C=O) groups excluding carboxylic acids is 1. The third-order valence-electron chi connectivity index (χ3n) is 4.70. The van der Waals surface area contributed by atoms with E-state index in [0.29, 0.717) is 25.3 Å². The predicted octanol–water partition coefficient (Wildman–Crippen LogP) is 1.53. The number of hydrogen-bond donors (Lipinski definition) is 1. The van der Waals surface area contributed by atoms with Crippen molar-refractivity contribution in [3.8, 4) is 0 Å². The number of piperazine rings is 1. The molecule has 1 N–H and O–H groups in total. The Labute approximate surface area is 147 Å².